The van der Waals surface area contributed by atoms with E-state index >= 15 is 0 Å². The molecule has 2 heterocycles. The third kappa shape index (κ3) is 4.47. The first-order valence-corrected chi connectivity index (χ1v) is 11.5. The molecule has 0 saturated heterocycles. The van der Waals surface area contributed by atoms with Crippen molar-refractivity contribution < 1.29 is 9.53 Å². The minimum Gasteiger partial charge on any atom is -0.456 e. The fraction of sp³-hybridized carbons (Fsp3) is 0.0741. The predicted molar refractivity (Wildman–Crippen MR) is 133 cm³/mol. The second kappa shape index (κ2) is 9.22. The molecular weight excluding hydrogens is 430 g/mol. The molecule has 0 amide bonds. The molecule has 0 unspecified atom stereocenters. The number of thiazole rings is 1. The summed E-state index contributed by atoms with van der Waals surface area (Å²) in [6, 6.07) is 27.4. The van der Waals surface area contributed by atoms with Crippen LogP contribution in [0.25, 0.3) is 22.2 Å². The van der Waals surface area contributed by atoms with E-state index in [-0.39, 0.29) is 12.6 Å². The topological polar surface area (TPSA) is 64.1 Å². The van der Waals surface area contributed by atoms with Crippen molar-refractivity contribution >= 4 is 39.0 Å². The lowest BCUT2D eigenvalue weighted by molar-refractivity contribution is 0.0470. The summed E-state index contributed by atoms with van der Waals surface area (Å²) < 4.78 is 5.71. The SMILES string of the molecule is Cc1c(-c2ccccc2)nc2ccccc2c1C(=O)OCc1csc(Nc2ccccc2)n1. The second-order valence-corrected chi connectivity index (χ2v) is 8.41. The maximum Gasteiger partial charge on any atom is 0.339 e. The number of pyridine rings is 1. The number of esters is 1. The molecule has 0 aliphatic rings. The molecule has 2 aromatic heterocycles. The Bertz CT molecular complexity index is 1420. The van der Waals surface area contributed by atoms with Gasteiger partial charge in [-0.1, -0.05) is 66.7 Å². The van der Waals surface area contributed by atoms with Crippen molar-refractivity contribution in [1.82, 2.24) is 9.97 Å². The highest BCUT2D eigenvalue weighted by Gasteiger charge is 2.20. The lowest BCUT2D eigenvalue weighted by Crippen LogP contribution is -2.10. The highest BCUT2D eigenvalue weighted by atomic mass is 32.1. The smallest absolute Gasteiger partial charge is 0.339 e. The van der Waals surface area contributed by atoms with Crippen LogP contribution in [-0.4, -0.2) is 15.9 Å². The molecular formula is C27H21N3O2S. The Morgan fingerprint density at radius 1 is 0.909 bits per heavy atom. The van der Waals surface area contributed by atoms with Gasteiger partial charge in [-0.05, 0) is 30.7 Å². The van der Waals surface area contributed by atoms with Crippen LogP contribution < -0.4 is 5.32 Å². The van der Waals surface area contributed by atoms with Crippen LogP contribution in [-0.2, 0) is 11.3 Å². The average Bonchev–Trinajstić information content (AvgIpc) is 3.30. The van der Waals surface area contributed by atoms with E-state index in [0.717, 1.165) is 38.5 Å². The van der Waals surface area contributed by atoms with E-state index in [4.69, 9.17) is 9.72 Å². The number of aromatic nitrogens is 2. The highest BCUT2D eigenvalue weighted by Crippen LogP contribution is 2.30. The number of rotatable bonds is 6. The van der Waals surface area contributed by atoms with Gasteiger partial charge in [-0.3, -0.25) is 0 Å². The zero-order chi connectivity index (χ0) is 22.6. The van der Waals surface area contributed by atoms with E-state index in [9.17, 15) is 4.79 Å². The number of para-hydroxylation sites is 2. The Morgan fingerprint density at radius 3 is 2.39 bits per heavy atom. The van der Waals surface area contributed by atoms with Gasteiger partial charge in [0.1, 0.15) is 6.61 Å². The summed E-state index contributed by atoms with van der Waals surface area (Å²) in [6.07, 6.45) is 0. The van der Waals surface area contributed by atoms with Crippen molar-refractivity contribution in [2.45, 2.75) is 13.5 Å². The van der Waals surface area contributed by atoms with Gasteiger partial charge in [0.2, 0.25) is 0 Å². The Balaban J connectivity index is 1.40. The summed E-state index contributed by atoms with van der Waals surface area (Å²) in [5, 5.41) is 6.69. The van der Waals surface area contributed by atoms with Gasteiger partial charge in [-0.15, -0.1) is 11.3 Å². The summed E-state index contributed by atoms with van der Waals surface area (Å²) >= 11 is 1.47. The number of benzene rings is 3. The maximum absolute atomic E-state index is 13.2. The molecule has 0 radical (unpaired) electrons. The first kappa shape index (κ1) is 20.8. The minimum absolute atomic E-state index is 0.0998. The van der Waals surface area contributed by atoms with Crippen molar-refractivity contribution in [3.8, 4) is 11.3 Å². The molecule has 5 nitrogen and oxygen atoms in total. The van der Waals surface area contributed by atoms with Gasteiger partial charge in [-0.2, -0.15) is 0 Å². The molecule has 0 atom stereocenters. The van der Waals surface area contributed by atoms with Gasteiger partial charge in [0.25, 0.3) is 0 Å². The summed E-state index contributed by atoms with van der Waals surface area (Å²) in [7, 11) is 0. The van der Waals surface area contributed by atoms with Crippen LogP contribution in [0.4, 0.5) is 10.8 Å². The molecule has 3 aromatic carbocycles. The molecule has 0 bridgehead atoms. The Morgan fingerprint density at radius 2 is 1.61 bits per heavy atom. The van der Waals surface area contributed by atoms with Crippen LogP contribution in [0, 0.1) is 6.92 Å². The lowest BCUT2D eigenvalue weighted by Gasteiger charge is -2.14. The van der Waals surface area contributed by atoms with Gasteiger partial charge >= 0.3 is 5.97 Å². The molecule has 0 saturated carbocycles. The van der Waals surface area contributed by atoms with Crippen molar-refractivity contribution in [3.63, 3.8) is 0 Å². The van der Waals surface area contributed by atoms with Gasteiger partial charge in [-0.25, -0.2) is 14.8 Å². The number of ether oxygens (including phenoxy) is 1. The largest absolute Gasteiger partial charge is 0.456 e. The summed E-state index contributed by atoms with van der Waals surface area (Å²) in [4.78, 5) is 22.6. The monoisotopic (exact) mass is 451 g/mol. The fourth-order valence-electron chi connectivity index (χ4n) is 3.73. The van der Waals surface area contributed by atoms with E-state index in [1.807, 2.05) is 97.2 Å². The minimum atomic E-state index is -0.381. The van der Waals surface area contributed by atoms with Gasteiger partial charge in [0, 0.05) is 22.0 Å². The van der Waals surface area contributed by atoms with E-state index in [2.05, 4.69) is 10.3 Å². The number of hydrogen-bond donors (Lipinski definition) is 1. The number of nitrogens with zero attached hydrogens (tertiary/aromatic N) is 2. The number of carbonyl (C=O) groups excluding carboxylic acids is 1. The van der Waals surface area contributed by atoms with Crippen LogP contribution in [0.2, 0.25) is 0 Å². The molecule has 0 fully saturated rings. The molecule has 33 heavy (non-hydrogen) atoms. The highest BCUT2D eigenvalue weighted by molar-refractivity contribution is 7.13. The van der Waals surface area contributed by atoms with Crippen molar-refractivity contribution in [2.75, 3.05) is 5.32 Å². The van der Waals surface area contributed by atoms with Crippen LogP contribution in [0.1, 0.15) is 21.6 Å². The summed E-state index contributed by atoms with van der Waals surface area (Å²) in [5.41, 5.74) is 5.51. The van der Waals surface area contributed by atoms with Crippen LogP contribution in [0.3, 0.4) is 0 Å². The zero-order valence-corrected chi connectivity index (χ0v) is 18.8. The Labute approximate surface area is 195 Å². The average molecular weight is 452 g/mol. The fourth-order valence-corrected chi connectivity index (χ4v) is 4.45. The quantitative estimate of drug-likeness (QED) is 0.289. The molecule has 5 aromatic rings. The molecule has 0 spiro atoms. The molecule has 1 N–H and O–H groups in total. The van der Waals surface area contributed by atoms with E-state index < -0.39 is 0 Å². The number of nitrogens with one attached hydrogen (secondary N) is 1. The molecule has 0 aliphatic carbocycles. The predicted octanol–water partition coefficient (Wildman–Crippen LogP) is 6.77. The summed E-state index contributed by atoms with van der Waals surface area (Å²) in [5.74, 6) is -0.381. The Hall–Kier alpha value is -4.03. The lowest BCUT2D eigenvalue weighted by atomic mass is 9.98. The first-order chi connectivity index (χ1) is 16.2. The third-order valence-electron chi connectivity index (χ3n) is 5.32. The second-order valence-electron chi connectivity index (χ2n) is 7.55. The van der Waals surface area contributed by atoms with Crippen LogP contribution in [0.5, 0.6) is 0 Å². The number of fused-ring (bicyclic) bond motifs is 1. The standard InChI is InChI=1S/C27H21N3O2S/c1-18-24(22-14-8-9-15-23(22)30-25(18)19-10-4-2-5-11-19)26(31)32-16-21-17-33-27(29-21)28-20-12-6-3-7-13-20/h2-15,17H,16H2,1H3,(H,28,29). The van der Waals surface area contributed by atoms with E-state index in [0.29, 0.717) is 11.3 Å². The number of anilines is 2. The molecule has 0 aliphatic heterocycles. The normalized spacial score (nSPS) is 10.8. The van der Waals surface area contributed by atoms with Gasteiger partial charge in [0.05, 0.1) is 22.5 Å². The third-order valence-corrected chi connectivity index (χ3v) is 6.12. The van der Waals surface area contributed by atoms with Crippen LogP contribution in [0.15, 0.2) is 90.3 Å². The zero-order valence-electron chi connectivity index (χ0n) is 18.0. The van der Waals surface area contributed by atoms with Crippen molar-refractivity contribution in [1.29, 1.82) is 0 Å². The number of hydrogen-bond acceptors (Lipinski definition) is 6. The Kier molecular flexibility index (Phi) is 5.83. The van der Waals surface area contributed by atoms with Crippen molar-refractivity contribution in [3.05, 3.63) is 107 Å². The molecule has 5 rings (SSSR count). The molecule has 6 heteroatoms. The summed E-state index contributed by atoms with van der Waals surface area (Å²) in [6.45, 7) is 2.02. The van der Waals surface area contributed by atoms with Gasteiger partial charge < -0.3 is 10.1 Å². The van der Waals surface area contributed by atoms with Gasteiger partial charge in [0.15, 0.2) is 5.13 Å². The molecule has 162 valence electrons. The van der Waals surface area contributed by atoms with Crippen molar-refractivity contribution in [2.24, 2.45) is 0 Å². The maximum atomic E-state index is 13.2. The number of carbonyl (C=O) groups is 1. The first-order valence-electron chi connectivity index (χ1n) is 10.6. The van der Waals surface area contributed by atoms with E-state index in [1.165, 1.54) is 11.3 Å². The van der Waals surface area contributed by atoms with E-state index in [1.54, 1.807) is 0 Å². The van der Waals surface area contributed by atoms with Crippen LogP contribution >= 0.6 is 11.3 Å².